The average molecular weight is 220 g/mol. The molecule has 3 rings (SSSR count). The lowest BCUT2D eigenvalue weighted by atomic mass is 10.1. The van der Waals surface area contributed by atoms with Crippen LogP contribution >= 0.6 is 11.8 Å². The van der Waals surface area contributed by atoms with Crippen LogP contribution in [0.2, 0.25) is 0 Å². The summed E-state index contributed by atoms with van der Waals surface area (Å²) < 4.78 is 13.6. The SMILES string of the molecule is Nc1c2c(nc3cccc(F)c13)CSC2. The number of nitrogen functional groups attached to an aromatic ring is 1. The van der Waals surface area contributed by atoms with Crippen molar-refractivity contribution >= 4 is 28.4 Å². The normalized spacial score (nSPS) is 14.5. The molecule has 0 fully saturated rings. The van der Waals surface area contributed by atoms with E-state index in [1.54, 1.807) is 23.9 Å². The van der Waals surface area contributed by atoms with Crippen LogP contribution in [0, 0.1) is 5.82 Å². The number of hydrogen-bond donors (Lipinski definition) is 1. The van der Waals surface area contributed by atoms with Crippen molar-refractivity contribution < 1.29 is 4.39 Å². The van der Waals surface area contributed by atoms with Gasteiger partial charge in [0.05, 0.1) is 16.6 Å². The molecule has 0 saturated heterocycles. The van der Waals surface area contributed by atoms with Gasteiger partial charge in [0.15, 0.2) is 0 Å². The number of pyridine rings is 1. The molecule has 1 aromatic heterocycles. The van der Waals surface area contributed by atoms with Crippen LogP contribution in [-0.4, -0.2) is 4.98 Å². The van der Waals surface area contributed by atoms with Crippen molar-refractivity contribution in [2.75, 3.05) is 5.73 Å². The molecule has 0 amide bonds. The Balaban J connectivity index is 2.47. The van der Waals surface area contributed by atoms with E-state index in [0.717, 1.165) is 22.8 Å². The molecule has 0 bridgehead atoms. The smallest absolute Gasteiger partial charge is 0.134 e. The van der Waals surface area contributed by atoms with Crippen molar-refractivity contribution in [2.45, 2.75) is 11.5 Å². The summed E-state index contributed by atoms with van der Waals surface area (Å²) in [6.45, 7) is 0. The number of fused-ring (bicyclic) bond motifs is 2. The summed E-state index contributed by atoms with van der Waals surface area (Å²) in [6.07, 6.45) is 0. The molecule has 2 heterocycles. The van der Waals surface area contributed by atoms with Crippen molar-refractivity contribution in [1.82, 2.24) is 4.98 Å². The van der Waals surface area contributed by atoms with Crippen LogP contribution in [-0.2, 0) is 11.5 Å². The van der Waals surface area contributed by atoms with Crippen LogP contribution in [0.5, 0.6) is 0 Å². The Kier molecular flexibility index (Phi) is 1.85. The zero-order valence-corrected chi connectivity index (χ0v) is 8.77. The van der Waals surface area contributed by atoms with Crippen LogP contribution < -0.4 is 5.73 Å². The zero-order chi connectivity index (χ0) is 10.4. The molecule has 0 spiro atoms. The van der Waals surface area contributed by atoms with Gasteiger partial charge in [-0.2, -0.15) is 11.8 Å². The Hall–Kier alpha value is -1.29. The molecule has 4 heteroatoms. The summed E-state index contributed by atoms with van der Waals surface area (Å²) in [5, 5.41) is 0.471. The van der Waals surface area contributed by atoms with E-state index in [1.165, 1.54) is 6.07 Å². The molecule has 1 aliphatic heterocycles. The molecule has 15 heavy (non-hydrogen) atoms. The van der Waals surface area contributed by atoms with E-state index in [0.29, 0.717) is 16.6 Å². The Labute approximate surface area is 90.7 Å². The van der Waals surface area contributed by atoms with Gasteiger partial charge in [-0.1, -0.05) is 6.07 Å². The number of rotatable bonds is 0. The van der Waals surface area contributed by atoms with Gasteiger partial charge < -0.3 is 5.73 Å². The molecule has 0 atom stereocenters. The molecule has 0 radical (unpaired) electrons. The lowest BCUT2D eigenvalue weighted by molar-refractivity contribution is 0.640. The molecule has 1 aliphatic rings. The third-order valence-corrected chi connectivity index (χ3v) is 3.65. The van der Waals surface area contributed by atoms with E-state index in [9.17, 15) is 4.39 Å². The molecule has 76 valence electrons. The summed E-state index contributed by atoms with van der Waals surface area (Å²) in [7, 11) is 0. The van der Waals surface area contributed by atoms with E-state index in [2.05, 4.69) is 4.98 Å². The zero-order valence-electron chi connectivity index (χ0n) is 7.96. The van der Waals surface area contributed by atoms with Gasteiger partial charge in [0, 0.05) is 22.8 Å². The Bertz CT molecular complexity index is 554. The number of nitrogens with zero attached hydrogens (tertiary/aromatic N) is 1. The van der Waals surface area contributed by atoms with Crippen molar-refractivity contribution in [2.24, 2.45) is 0 Å². The van der Waals surface area contributed by atoms with Crippen molar-refractivity contribution in [3.63, 3.8) is 0 Å². The second kappa shape index (κ2) is 3.10. The minimum absolute atomic E-state index is 0.280. The number of nitrogens with two attached hydrogens (primary N) is 1. The summed E-state index contributed by atoms with van der Waals surface area (Å²) in [4.78, 5) is 4.44. The Morgan fingerprint density at radius 2 is 2.20 bits per heavy atom. The minimum atomic E-state index is -0.280. The first-order chi connectivity index (χ1) is 7.27. The second-order valence-corrected chi connectivity index (χ2v) is 4.56. The first-order valence-corrected chi connectivity index (χ1v) is 5.86. The molecular formula is C11H9FN2S. The highest BCUT2D eigenvalue weighted by Gasteiger charge is 2.19. The van der Waals surface area contributed by atoms with Crippen LogP contribution in [0.4, 0.5) is 10.1 Å². The predicted molar refractivity (Wildman–Crippen MR) is 61.1 cm³/mol. The summed E-state index contributed by atoms with van der Waals surface area (Å²) in [5.41, 5.74) is 9.23. The Morgan fingerprint density at radius 3 is 3.07 bits per heavy atom. The van der Waals surface area contributed by atoms with E-state index < -0.39 is 0 Å². The lowest BCUT2D eigenvalue weighted by Gasteiger charge is -2.07. The maximum atomic E-state index is 13.6. The number of benzene rings is 1. The fourth-order valence-corrected chi connectivity index (χ4v) is 2.98. The van der Waals surface area contributed by atoms with E-state index >= 15 is 0 Å². The first kappa shape index (κ1) is 8.97. The van der Waals surface area contributed by atoms with E-state index in [1.807, 2.05) is 0 Å². The molecule has 0 aliphatic carbocycles. The highest BCUT2D eigenvalue weighted by molar-refractivity contribution is 7.98. The summed E-state index contributed by atoms with van der Waals surface area (Å²) in [6, 6.07) is 4.89. The van der Waals surface area contributed by atoms with Crippen molar-refractivity contribution in [1.29, 1.82) is 0 Å². The number of thioether (sulfide) groups is 1. The fourth-order valence-electron chi connectivity index (χ4n) is 1.92. The average Bonchev–Trinajstić information content (AvgIpc) is 2.66. The van der Waals surface area contributed by atoms with Crippen LogP contribution in [0.25, 0.3) is 10.9 Å². The highest BCUT2D eigenvalue weighted by atomic mass is 32.2. The monoisotopic (exact) mass is 220 g/mol. The minimum Gasteiger partial charge on any atom is -0.398 e. The van der Waals surface area contributed by atoms with Gasteiger partial charge in [0.1, 0.15) is 5.82 Å². The highest BCUT2D eigenvalue weighted by Crippen LogP contribution is 2.37. The standard InChI is InChI=1S/C11H9FN2S/c12-7-2-1-3-8-10(7)11(13)6-4-15-5-9(6)14-8/h1-3H,4-5H2,(H2,13,14). The number of aromatic nitrogens is 1. The summed E-state index contributed by atoms with van der Waals surface area (Å²) >= 11 is 1.77. The number of halogens is 1. The van der Waals surface area contributed by atoms with Crippen molar-refractivity contribution in [3.05, 3.63) is 35.3 Å². The first-order valence-electron chi connectivity index (χ1n) is 4.70. The quantitative estimate of drug-likeness (QED) is 0.742. The van der Waals surface area contributed by atoms with Gasteiger partial charge in [-0.3, -0.25) is 4.98 Å². The molecular weight excluding hydrogens is 211 g/mol. The van der Waals surface area contributed by atoms with Crippen LogP contribution in [0.1, 0.15) is 11.3 Å². The van der Waals surface area contributed by atoms with E-state index in [-0.39, 0.29) is 5.82 Å². The largest absolute Gasteiger partial charge is 0.398 e. The summed E-state index contributed by atoms with van der Waals surface area (Å²) in [5.74, 6) is 1.45. The fraction of sp³-hybridized carbons (Fsp3) is 0.182. The molecule has 0 unspecified atom stereocenters. The van der Waals surface area contributed by atoms with E-state index in [4.69, 9.17) is 5.73 Å². The third kappa shape index (κ3) is 1.21. The van der Waals surface area contributed by atoms with Gasteiger partial charge >= 0.3 is 0 Å². The third-order valence-electron chi connectivity index (χ3n) is 2.68. The van der Waals surface area contributed by atoms with Gasteiger partial charge in [0.25, 0.3) is 0 Å². The molecule has 1 aromatic carbocycles. The van der Waals surface area contributed by atoms with Gasteiger partial charge in [-0.05, 0) is 12.1 Å². The van der Waals surface area contributed by atoms with Gasteiger partial charge in [-0.15, -0.1) is 0 Å². The topological polar surface area (TPSA) is 38.9 Å². The lowest BCUT2D eigenvalue weighted by Crippen LogP contribution is -1.99. The van der Waals surface area contributed by atoms with Crippen molar-refractivity contribution in [3.8, 4) is 0 Å². The second-order valence-electron chi connectivity index (χ2n) is 3.58. The molecule has 2 nitrogen and oxygen atoms in total. The number of hydrogen-bond acceptors (Lipinski definition) is 3. The predicted octanol–water partition coefficient (Wildman–Crippen LogP) is 2.70. The molecule has 2 N–H and O–H groups in total. The molecule has 0 saturated carbocycles. The maximum Gasteiger partial charge on any atom is 0.134 e. The molecule has 2 aromatic rings. The van der Waals surface area contributed by atoms with Crippen LogP contribution in [0.15, 0.2) is 18.2 Å². The number of anilines is 1. The van der Waals surface area contributed by atoms with Crippen LogP contribution in [0.3, 0.4) is 0 Å². The Morgan fingerprint density at radius 1 is 1.33 bits per heavy atom. The van der Waals surface area contributed by atoms with Gasteiger partial charge in [0.2, 0.25) is 0 Å². The maximum absolute atomic E-state index is 13.6. The van der Waals surface area contributed by atoms with Gasteiger partial charge in [-0.25, -0.2) is 4.39 Å².